The number of rotatable bonds is 8. The Balaban J connectivity index is 0.939. The Hall–Kier alpha value is -7.84. The zero-order valence-electron chi connectivity index (χ0n) is 29.9. The zero-order valence-corrected chi connectivity index (χ0v) is 29.9. The van der Waals surface area contributed by atoms with E-state index in [0.717, 1.165) is 54.5 Å². The third-order valence-corrected chi connectivity index (χ3v) is 9.75. The lowest BCUT2D eigenvalue weighted by molar-refractivity contribution is 0.102. The molecule has 0 aliphatic rings. The maximum atomic E-state index is 13.7. The van der Waals surface area contributed by atoms with Crippen molar-refractivity contribution in [3.63, 3.8) is 0 Å². The minimum absolute atomic E-state index is 0.343. The summed E-state index contributed by atoms with van der Waals surface area (Å²) in [6, 6.07) is 57.5. The normalized spacial score (nSPS) is 11.6. The molecule has 0 bridgehead atoms. The van der Waals surface area contributed by atoms with Gasteiger partial charge in [-0.2, -0.15) is 0 Å². The highest BCUT2D eigenvalue weighted by Gasteiger charge is 2.15. The van der Waals surface area contributed by atoms with Crippen molar-refractivity contribution in [1.82, 2.24) is 0 Å². The van der Waals surface area contributed by atoms with Crippen molar-refractivity contribution >= 4 is 89.0 Å². The molecule has 0 saturated carbocycles. The molecule has 8 nitrogen and oxygen atoms in total. The third-order valence-electron chi connectivity index (χ3n) is 9.75. The van der Waals surface area contributed by atoms with Crippen LogP contribution in [0.4, 0.5) is 34.1 Å². The van der Waals surface area contributed by atoms with Crippen LogP contribution < -0.4 is 10.6 Å². The molecule has 0 aromatic heterocycles. The van der Waals surface area contributed by atoms with E-state index in [1.807, 2.05) is 158 Å². The second-order valence-corrected chi connectivity index (χ2v) is 13.2. The van der Waals surface area contributed by atoms with Crippen LogP contribution in [0.1, 0.15) is 20.7 Å². The maximum absolute atomic E-state index is 13.7. The Morgan fingerprint density at radius 3 is 1.11 bits per heavy atom. The van der Waals surface area contributed by atoms with Crippen LogP contribution in [-0.2, 0) is 0 Å². The van der Waals surface area contributed by atoms with Crippen LogP contribution in [0.15, 0.2) is 202 Å². The summed E-state index contributed by atoms with van der Waals surface area (Å²) >= 11 is 0. The van der Waals surface area contributed by atoms with E-state index in [1.165, 1.54) is 0 Å². The van der Waals surface area contributed by atoms with Crippen LogP contribution in [0.25, 0.3) is 43.1 Å². The largest absolute Gasteiger partial charge is 0.321 e. The minimum atomic E-state index is -0.346. The molecule has 0 spiro atoms. The van der Waals surface area contributed by atoms with Crippen molar-refractivity contribution in [3.8, 4) is 0 Å². The van der Waals surface area contributed by atoms with Crippen molar-refractivity contribution < 1.29 is 9.59 Å². The Morgan fingerprint density at radius 2 is 0.661 bits per heavy atom. The van der Waals surface area contributed by atoms with E-state index in [1.54, 1.807) is 24.3 Å². The lowest BCUT2D eigenvalue weighted by atomic mass is 10.1. The molecule has 0 unspecified atom stereocenters. The standard InChI is InChI=1S/C48H32N6O2/c55-47(49-41-26-28-45(39-22-7-5-20-37(39)41)53-51-43-24-10-14-31-12-1-3-18-35(31)43)33-16-9-17-34(30-33)48(56)50-42-27-29-46(40-23-8-6-21-38(40)42)54-52-44-25-11-15-32-13-2-4-19-36(32)44/h1-30H,(H,49,55)(H,50,56). The van der Waals surface area contributed by atoms with Gasteiger partial charge < -0.3 is 10.6 Å². The first-order chi connectivity index (χ1) is 27.6. The average molecular weight is 725 g/mol. The molecule has 0 radical (unpaired) electrons. The van der Waals surface area contributed by atoms with Gasteiger partial charge in [0, 0.05) is 54.8 Å². The smallest absolute Gasteiger partial charge is 0.255 e. The number of fused-ring (bicyclic) bond motifs is 4. The van der Waals surface area contributed by atoms with Gasteiger partial charge in [-0.25, -0.2) is 0 Å². The molecule has 9 aromatic carbocycles. The minimum Gasteiger partial charge on any atom is -0.321 e. The number of amides is 2. The summed E-state index contributed by atoms with van der Waals surface area (Å²) < 4.78 is 0. The van der Waals surface area contributed by atoms with E-state index >= 15 is 0 Å². The van der Waals surface area contributed by atoms with Crippen LogP contribution in [0.3, 0.4) is 0 Å². The van der Waals surface area contributed by atoms with Crippen LogP contribution in [-0.4, -0.2) is 11.8 Å². The average Bonchev–Trinajstić information content (AvgIpc) is 3.25. The van der Waals surface area contributed by atoms with Crippen molar-refractivity contribution in [1.29, 1.82) is 0 Å². The molecular formula is C48H32N6O2. The highest BCUT2D eigenvalue weighted by molar-refractivity contribution is 6.14. The molecule has 9 aromatic rings. The summed E-state index contributed by atoms with van der Waals surface area (Å²) in [4.78, 5) is 27.3. The van der Waals surface area contributed by atoms with Gasteiger partial charge in [0.15, 0.2) is 0 Å². The Labute approximate surface area is 321 Å². The molecule has 8 heteroatoms. The van der Waals surface area contributed by atoms with Crippen molar-refractivity contribution in [3.05, 3.63) is 193 Å². The molecule has 266 valence electrons. The summed E-state index contributed by atoms with van der Waals surface area (Å²) in [6.07, 6.45) is 0. The summed E-state index contributed by atoms with van der Waals surface area (Å²) in [5, 5.41) is 32.0. The summed E-state index contributed by atoms with van der Waals surface area (Å²) in [7, 11) is 0. The van der Waals surface area contributed by atoms with Crippen molar-refractivity contribution in [2.24, 2.45) is 20.5 Å². The molecule has 56 heavy (non-hydrogen) atoms. The molecule has 2 amide bonds. The quantitative estimate of drug-likeness (QED) is 0.152. The van der Waals surface area contributed by atoms with E-state index in [0.29, 0.717) is 33.9 Å². The van der Waals surface area contributed by atoms with Gasteiger partial charge in [-0.15, -0.1) is 20.5 Å². The van der Waals surface area contributed by atoms with Crippen molar-refractivity contribution in [2.75, 3.05) is 10.6 Å². The molecule has 0 saturated heterocycles. The number of nitrogens with zero attached hydrogens (tertiary/aromatic N) is 4. The molecule has 0 aliphatic carbocycles. The van der Waals surface area contributed by atoms with Crippen LogP contribution >= 0.6 is 0 Å². The van der Waals surface area contributed by atoms with Gasteiger partial charge >= 0.3 is 0 Å². The number of carbonyl (C=O) groups is 2. The highest BCUT2D eigenvalue weighted by Crippen LogP contribution is 2.36. The fourth-order valence-corrected chi connectivity index (χ4v) is 6.96. The monoisotopic (exact) mass is 724 g/mol. The molecule has 0 heterocycles. The zero-order chi connectivity index (χ0) is 37.8. The SMILES string of the molecule is O=C(Nc1ccc(N=Nc2cccc3ccccc23)c2ccccc12)c1cccc(C(=O)Nc2ccc(N=Nc3cccc4ccccc34)c3ccccc23)c1. The van der Waals surface area contributed by atoms with Crippen LogP contribution in [0.5, 0.6) is 0 Å². The first-order valence-corrected chi connectivity index (χ1v) is 18.1. The van der Waals surface area contributed by atoms with E-state index < -0.39 is 0 Å². The summed E-state index contributed by atoms with van der Waals surface area (Å²) in [5.41, 5.74) is 4.83. The fourth-order valence-electron chi connectivity index (χ4n) is 6.96. The number of benzene rings is 9. The van der Waals surface area contributed by atoms with E-state index in [4.69, 9.17) is 0 Å². The Kier molecular flexibility index (Phi) is 9.03. The molecule has 0 atom stereocenters. The second-order valence-electron chi connectivity index (χ2n) is 13.2. The fraction of sp³-hybridized carbons (Fsp3) is 0. The first kappa shape index (κ1) is 34.0. The number of anilines is 2. The van der Waals surface area contributed by atoms with Crippen LogP contribution in [0.2, 0.25) is 0 Å². The van der Waals surface area contributed by atoms with Crippen LogP contribution in [0, 0.1) is 0 Å². The highest BCUT2D eigenvalue weighted by atomic mass is 16.2. The molecular weight excluding hydrogens is 693 g/mol. The van der Waals surface area contributed by atoms with Crippen molar-refractivity contribution in [2.45, 2.75) is 0 Å². The van der Waals surface area contributed by atoms with Gasteiger partial charge in [-0.1, -0.05) is 127 Å². The molecule has 2 N–H and O–H groups in total. The van der Waals surface area contributed by atoms with Gasteiger partial charge in [0.2, 0.25) is 0 Å². The Bertz CT molecular complexity index is 2830. The molecule has 9 rings (SSSR count). The summed E-state index contributed by atoms with van der Waals surface area (Å²) in [5.74, 6) is -0.692. The predicted molar refractivity (Wildman–Crippen MR) is 226 cm³/mol. The first-order valence-electron chi connectivity index (χ1n) is 18.1. The van der Waals surface area contributed by atoms with Gasteiger partial charge in [0.05, 0.1) is 22.7 Å². The predicted octanol–water partition coefficient (Wildman–Crippen LogP) is 13.6. The number of azo groups is 2. The summed E-state index contributed by atoms with van der Waals surface area (Å²) in [6.45, 7) is 0. The number of hydrogen-bond acceptors (Lipinski definition) is 6. The topological polar surface area (TPSA) is 108 Å². The van der Waals surface area contributed by atoms with E-state index in [9.17, 15) is 9.59 Å². The number of nitrogens with one attached hydrogen (secondary N) is 2. The van der Waals surface area contributed by atoms with E-state index in [-0.39, 0.29) is 11.8 Å². The van der Waals surface area contributed by atoms with E-state index in [2.05, 4.69) is 31.1 Å². The maximum Gasteiger partial charge on any atom is 0.255 e. The molecule has 0 aliphatic heterocycles. The van der Waals surface area contributed by atoms with Gasteiger partial charge in [0.25, 0.3) is 11.8 Å². The lowest BCUT2D eigenvalue weighted by Gasteiger charge is -2.12. The lowest BCUT2D eigenvalue weighted by Crippen LogP contribution is -2.16. The van der Waals surface area contributed by atoms with Gasteiger partial charge in [0.1, 0.15) is 0 Å². The second kappa shape index (κ2) is 14.9. The third kappa shape index (κ3) is 6.74. The Morgan fingerprint density at radius 1 is 0.321 bits per heavy atom. The van der Waals surface area contributed by atoms with Gasteiger partial charge in [-0.3, -0.25) is 9.59 Å². The molecule has 0 fully saturated rings. The number of carbonyl (C=O) groups excluding carboxylic acids is 2. The number of hydrogen-bond donors (Lipinski definition) is 2. The van der Waals surface area contributed by atoms with Gasteiger partial charge in [-0.05, 0) is 65.4 Å².